The highest BCUT2D eigenvalue weighted by atomic mass is 35.5. The van der Waals surface area contributed by atoms with Gasteiger partial charge in [-0.25, -0.2) is 9.78 Å². The van der Waals surface area contributed by atoms with Gasteiger partial charge in [0, 0.05) is 45.6 Å². The van der Waals surface area contributed by atoms with E-state index < -0.39 is 11.5 Å². The van der Waals surface area contributed by atoms with E-state index in [1.165, 1.54) is 7.11 Å². The number of esters is 1. The van der Waals surface area contributed by atoms with E-state index in [0.29, 0.717) is 24.5 Å². The van der Waals surface area contributed by atoms with Crippen LogP contribution in [0.4, 0.5) is 5.69 Å². The molecule has 1 fully saturated rings. The van der Waals surface area contributed by atoms with Gasteiger partial charge in [-0.05, 0) is 12.1 Å². The van der Waals surface area contributed by atoms with E-state index in [-0.39, 0.29) is 10.6 Å². The van der Waals surface area contributed by atoms with E-state index in [1.54, 1.807) is 36.7 Å². The first-order valence-corrected chi connectivity index (χ1v) is 10.3. The molecule has 2 aromatic heterocycles. The summed E-state index contributed by atoms with van der Waals surface area (Å²) in [6.07, 6.45) is 5.31. The molecule has 1 aliphatic rings. The molecule has 3 aromatic rings. The first kappa shape index (κ1) is 21.1. The lowest BCUT2D eigenvalue weighted by molar-refractivity contribution is 0.0600. The third kappa shape index (κ3) is 4.19. The molecule has 9 nitrogen and oxygen atoms in total. The molecule has 0 atom stereocenters. The maximum absolute atomic E-state index is 13.0. The SMILES string of the molecule is COC(=O)c1ccccc1-n1ncc(N2CCN(Cc3nccn3C)CC2)c(Cl)c1=O. The maximum Gasteiger partial charge on any atom is 0.340 e. The predicted octanol–water partition coefficient (Wildman–Crippen LogP) is 1.73. The Balaban J connectivity index is 1.53. The zero-order chi connectivity index (χ0) is 22.0. The summed E-state index contributed by atoms with van der Waals surface area (Å²) in [5, 5.41) is 4.37. The van der Waals surface area contributed by atoms with E-state index in [1.807, 2.05) is 17.8 Å². The smallest absolute Gasteiger partial charge is 0.340 e. The highest BCUT2D eigenvalue weighted by Crippen LogP contribution is 2.24. The minimum absolute atomic E-state index is 0.0761. The molecule has 0 bridgehead atoms. The molecule has 0 amide bonds. The average molecular weight is 443 g/mol. The number of hydrogen-bond acceptors (Lipinski definition) is 7. The Bertz CT molecular complexity index is 1150. The van der Waals surface area contributed by atoms with Crippen LogP contribution in [-0.2, 0) is 18.3 Å². The van der Waals surface area contributed by atoms with Crippen molar-refractivity contribution in [3.05, 3.63) is 69.6 Å². The molecule has 3 heterocycles. The predicted molar refractivity (Wildman–Crippen MR) is 117 cm³/mol. The molecule has 0 N–H and O–H groups in total. The molecular weight excluding hydrogens is 420 g/mol. The summed E-state index contributed by atoms with van der Waals surface area (Å²) in [4.78, 5) is 33.8. The Hall–Kier alpha value is -3.17. The lowest BCUT2D eigenvalue weighted by Crippen LogP contribution is -2.46. The van der Waals surface area contributed by atoms with E-state index >= 15 is 0 Å². The Labute approximate surface area is 184 Å². The summed E-state index contributed by atoms with van der Waals surface area (Å²) in [6.45, 7) is 3.84. The molecule has 162 valence electrons. The summed E-state index contributed by atoms with van der Waals surface area (Å²) in [5.74, 6) is 0.466. The summed E-state index contributed by atoms with van der Waals surface area (Å²) >= 11 is 6.46. The second-order valence-electron chi connectivity index (χ2n) is 7.29. The zero-order valence-electron chi connectivity index (χ0n) is 17.4. The highest BCUT2D eigenvalue weighted by molar-refractivity contribution is 6.33. The number of ether oxygens (including phenoxy) is 1. The molecule has 31 heavy (non-hydrogen) atoms. The van der Waals surface area contributed by atoms with E-state index in [2.05, 4.69) is 19.9 Å². The van der Waals surface area contributed by atoms with Gasteiger partial charge in [0.2, 0.25) is 0 Å². The molecule has 10 heteroatoms. The molecule has 1 saturated heterocycles. The first-order valence-electron chi connectivity index (χ1n) is 9.88. The van der Waals surface area contributed by atoms with Gasteiger partial charge in [0.15, 0.2) is 0 Å². The van der Waals surface area contributed by atoms with Crippen LogP contribution in [0.5, 0.6) is 0 Å². The standard InChI is InChI=1S/C21H23ClN6O3/c1-25-8-7-23-18(25)14-26-9-11-27(12-10-26)17-13-24-28(20(29)19(17)22)16-6-4-3-5-15(16)21(30)31-2/h3-8,13H,9-12,14H2,1-2H3. The lowest BCUT2D eigenvalue weighted by Gasteiger charge is -2.36. The maximum atomic E-state index is 13.0. The van der Waals surface area contributed by atoms with Gasteiger partial charge >= 0.3 is 5.97 Å². The van der Waals surface area contributed by atoms with Crippen molar-refractivity contribution >= 4 is 23.3 Å². The Kier molecular flexibility index (Phi) is 6.06. The van der Waals surface area contributed by atoms with Gasteiger partial charge in [0.25, 0.3) is 5.56 Å². The number of imidazole rings is 1. The topological polar surface area (TPSA) is 85.5 Å². The third-order valence-electron chi connectivity index (χ3n) is 5.44. The largest absolute Gasteiger partial charge is 0.465 e. The molecule has 0 aliphatic carbocycles. The second-order valence-corrected chi connectivity index (χ2v) is 7.67. The normalized spacial score (nSPS) is 14.6. The van der Waals surface area contributed by atoms with Gasteiger partial charge in [-0.3, -0.25) is 9.69 Å². The number of nitrogens with zero attached hydrogens (tertiary/aromatic N) is 6. The van der Waals surface area contributed by atoms with Crippen molar-refractivity contribution in [2.24, 2.45) is 7.05 Å². The molecule has 0 saturated carbocycles. The fraction of sp³-hybridized carbons (Fsp3) is 0.333. The average Bonchev–Trinajstić information content (AvgIpc) is 3.20. The lowest BCUT2D eigenvalue weighted by atomic mass is 10.2. The quantitative estimate of drug-likeness (QED) is 0.556. The number of carbonyl (C=O) groups excluding carboxylic acids is 1. The van der Waals surface area contributed by atoms with E-state index in [4.69, 9.17) is 16.3 Å². The number of carbonyl (C=O) groups is 1. The van der Waals surface area contributed by atoms with Gasteiger partial charge in [0.1, 0.15) is 10.8 Å². The molecule has 1 aliphatic heterocycles. The van der Waals surface area contributed by atoms with E-state index in [0.717, 1.165) is 30.1 Å². The van der Waals surface area contributed by atoms with Crippen molar-refractivity contribution in [2.75, 3.05) is 38.2 Å². The van der Waals surface area contributed by atoms with Crippen LogP contribution in [0.25, 0.3) is 5.69 Å². The molecular formula is C21H23ClN6O3. The van der Waals surface area contributed by atoms with Crippen LogP contribution in [0, 0.1) is 0 Å². The molecule has 0 unspecified atom stereocenters. The van der Waals surface area contributed by atoms with Crippen molar-refractivity contribution in [1.29, 1.82) is 0 Å². The number of aromatic nitrogens is 4. The summed E-state index contributed by atoms with van der Waals surface area (Å²) in [7, 11) is 3.27. The van der Waals surface area contributed by atoms with Crippen LogP contribution in [0.1, 0.15) is 16.2 Å². The van der Waals surface area contributed by atoms with Gasteiger partial charge < -0.3 is 14.2 Å². The van der Waals surface area contributed by atoms with Crippen LogP contribution in [-0.4, -0.2) is 63.5 Å². The number of piperazine rings is 1. The minimum atomic E-state index is -0.548. The van der Waals surface area contributed by atoms with Crippen LogP contribution < -0.4 is 10.5 Å². The van der Waals surface area contributed by atoms with Crippen molar-refractivity contribution in [3.8, 4) is 5.69 Å². The molecule has 4 rings (SSSR count). The number of hydrogen-bond donors (Lipinski definition) is 0. The van der Waals surface area contributed by atoms with Gasteiger partial charge in [-0.2, -0.15) is 9.78 Å². The first-order chi connectivity index (χ1) is 15.0. The van der Waals surface area contributed by atoms with Crippen LogP contribution in [0.2, 0.25) is 5.02 Å². The van der Waals surface area contributed by atoms with Crippen molar-refractivity contribution in [3.63, 3.8) is 0 Å². The number of benzene rings is 1. The Morgan fingerprint density at radius 3 is 2.58 bits per heavy atom. The number of methoxy groups -OCH3 is 1. The van der Waals surface area contributed by atoms with Crippen LogP contribution in [0.15, 0.2) is 47.7 Å². The molecule has 0 spiro atoms. The zero-order valence-corrected chi connectivity index (χ0v) is 18.1. The second kappa shape index (κ2) is 8.91. The monoisotopic (exact) mass is 442 g/mol. The fourth-order valence-electron chi connectivity index (χ4n) is 3.65. The van der Waals surface area contributed by atoms with Gasteiger partial charge in [-0.15, -0.1) is 0 Å². The number of rotatable bonds is 5. The number of halogens is 1. The summed E-state index contributed by atoms with van der Waals surface area (Å²) in [5.41, 5.74) is 0.681. The Morgan fingerprint density at radius 2 is 1.90 bits per heavy atom. The summed E-state index contributed by atoms with van der Waals surface area (Å²) < 4.78 is 7.96. The number of para-hydroxylation sites is 1. The third-order valence-corrected chi connectivity index (χ3v) is 5.79. The minimum Gasteiger partial charge on any atom is -0.465 e. The van der Waals surface area contributed by atoms with E-state index in [9.17, 15) is 9.59 Å². The van der Waals surface area contributed by atoms with Gasteiger partial charge in [-0.1, -0.05) is 23.7 Å². The van der Waals surface area contributed by atoms with Crippen LogP contribution in [0.3, 0.4) is 0 Å². The van der Waals surface area contributed by atoms with Crippen molar-refractivity contribution < 1.29 is 9.53 Å². The van der Waals surface area contributed by atoms with Gasteiger partial charge in [0.05, 0.1) is 36.8 Å². The fourth-order valence-corrected chi connectivity index (χ4v) is 3.90. The molecule has 1 aromatic carbocycles. The number of anilines is 1. The Morgan fingerprint density at radius 1 is 1.16 bits per heavy atom. The highest BCUT2D eigenvalue weighted by Gasteiger charge is 2.23. The number of aryl methyl sites for hydroxylation is 1. The summed E-state index contributed by atoms with van der Waals surface area (Å²) in [6, 6.07) is 6.63. The van der Waals surface area contributed by atoms with Crippen molar-refractivity contribution in [2.45, 2.75) is 6.54 Å². The molecule has 0 radical (unpaired) electrons. The van der Waals surface area contributed by atoms with Crippen LogP contribution >= 0.6 is 11.6 Å². The van der Waals surface area contributed by atoms with Crippen molar-refractivity contribution in [1.82, 2.24) is 24.2 Å².